The Bertz CT molecular complexity index is 1120. The molecule has 0 bridgehead atoms. The van der Waals surface area contributed by atoms with Gasteiger partial charge in [0.15, 0.2) is 5.78 Å². The van der Waals surface area contributed by atoms with Crippen molar-refractivity contribution in [2.45, 2.75) is 58.8 Å². The third-order valence-corrected chi connectivity index (χ3v) is 5.30. The first-order chi connectivity index (χ1) is 13.9. The van der Waals surface area contributed by atoms with Crippen molar-refractivity contribution in [3.8, 4) is 0 Å². The number of fused-ring (bicyclic) bond motifs is 2. The molecule has 0 unspecified atom stereocenters. The van der Waals surface area contributed by atoms with E-state index >= 15 is 0 Å². The highest BCUT2D eigenvalue weighted by Gasteiger charge is 2.16. The van der Waals surface area contributed by atoms with Gasteiger partial charge < -0.3 is 9.52 Å². The molecule has 29 heavy (non-hydrogen) atoms. The van der Waals surface area contributed by atoms with E-state index in [4.69, 9.17) is 4.42 Å². The molecular weight excluding hydrogens is 368 g/mol. The number of aryl methyl sites for hydroxylation is 1. The Hall–Kier alpha value is -2.95. The smallest absolute Gasteiger partial charge is 0.335 e. The number of hydrogen-bond acceptors (Lipinski definition) is 4. The van der Waals surface area contributed by atoms with Crippen molar-refractivity contribution >= 4 is 33.7 Å². The Morgan fingerprint density at radius 3 is 2.31 bits per heavy atom. The van der Waals surface area contributed by atoms with Crippen LogP contribution in [0.25, 0.3) is 21.9 Å². The summed E-state index contributed by atoms with van der Waals surface area (Å²) in [6.45, 7) is 3.66. The second-order valence-electron chi connectivity index (χ2n) is 7.53. The standard InChI is InChI=1S/C24H26O5/c1-3-4-5-6-7-8-9-16-12-18(15(2)25)14-20-22(26)19-13-17(24(27)28)10-11-21(19)29-23(16)20/h10-14H,3-9H2,1-2H3,(H,27,28). The van der Waals surface area contributed by atoms with Crippen LogP contribution in [0.5, 0.6) is 0 Å². The van der Waals surface area contributed by atoms with Crippen LogP contribution < -0.4 is 5.43 Å². The van der Waals surface area contributed by atoms with Gasteiger partial charge in [0, 0.05) is 5.56 Å². The van der Waals surface area contributed by atoms with Crippen molar-refractivity contribution < 1.29 is 19.1 Å². The summed E-state index contributed by atoms with van der Waals surface area (Å²) < 4.78 is 6.02. The summed E-state index contributed by atoms with van der Waals surface area (Å²) in [5.41, 5.74) is 1.89. The number of ketones is 1. The molecule has 0 atom stereocenters. The van der Waals surface area contributed by atoms with Gasteiger partial charge in [-0.1, -0.05) is 39.0 Å². The highest BCUT2D eigenvalue weighted by molar-refractivity contribution is 6.01. The molecule has 152 valence electrons. The fourth-order valence-electron chi connectivity index (χ4n) is 3.65. The monoisotopic (exact) mass is 394 g/mol. The maximum atomic E-state index is 13.1. The minimum Gasteiger partial charge on any atom is -0.478 e. The summed E-state index contributed by atoms with van der Waals surface area (Å²) in [5, 5.41) is 9.75. The fraction of sp³-hybridized carbons (Fsp3) is 0.375. The molecule has 1 N–H and O–H groups in total. The van der Waals surface area contributed by atoms with E-state index in [1.807, 2.05) is 6.07 Å². The normalized spacial score (nSPS) is 11.2. The van der Waals surface area contributed by atoms with Gasteiger partial charge in [-0.3, -0.25) is 9.59 Å². The lowest BCUT2D eigenvalue weighted by molar-refractivity contribution is 0.0697. The largest absolute Gasteiger partial charge is 0.478 e. The number of unbranched alkanes of at least 4 members (excludes halogenated alkanes) is 5. The predicted octanol–water partition coefficient (Wildman–Crippen LogP) is 5.75. The van der Waals surface area contributed by atoms with Crippen LogP contribution in [0.1, 0.15) is 78.7 Å². The molecule has 0 aliphatic rings. The SMILES string of the molecule is CCCCCCCCc1cc(C(C)=O)cc2c(=O)c3cc(C(=O)O)ccc3oc12. The summed E-state index contributed by atoms with van der Waals surface area (Å²) in [4.78, 5) is 36.3. The van der Waals surface area contributed by atoms with E-state index in [0.29, 0.717) is 22.1 Å². The first kappa shape index (κ1) is 20.8. The van der Waals surface area contributed by atoms with E-state index in [1.54, 1.807) is 6.07 Å². The number of aromatic carboxylic acids is 1. The van der Waals surface area contributed by atoms with E-state index in [-0.39, 0.29) is 22.2 Å². The third kappa shape index (κ3) is 4.56. The van der Waals surface area contributed by atoms with Gasteiger partial charge >= 0.3 is 5.97 Å². The first-order valence-electron chi connectivity index (χ1n) is 10.2. The Kier molecular flexibility index (Phi) is 6.47. The van der Waals surface area contributed by atoms with Gasteiger partial charge in [-0.05, 0) is 55.7 Å². The summed E-state index contributed by atoms with van der Waals surface area (Å²) in [5.74, 6) is -1.22. The summed E-state index contributed by atoms with van der Waals surface area (Å²) in [7, 11) is 0. The highest BCUT2D eigenvalue weighted by Crippen LogP contribution is 2.26. The van der Waals surface area contributed by atoms with Crippen LogP contribution >= 0.6 is 0 Å². The van der Waals surface area contributed by atoms with Crippen molar-refractivity contribution in [2.75, 3.05) is 0 Å². The number of benzene rings is 2. The molecule has 1 aromatic heterocycles. The molecule has 1 heterocycles. The van der Waals surface area contributed by atoms with Gasteiger partial charge in [0.25, 0.3) is 0 Å². The van der Waals surface area contributed by atoms with Crippen LogP contribution in [0.2, 0.25) is 0 Å². The number of carbonyl (C=O) groups excluding carboxylic acids is 1. The Morgan fingerprint density at radius 2 is 1.62 bits per heavy atom. The van der Waals surface area contributed by atoms with Crippen LogP contribution in [0, 0.1) is 0 Å². The number of hydrogen-bond donors (Lipinski definition) is 1. The minimum absolute atomic E-state index is 0.0270. The number of carboxylic acid groups (broad SMARTS) is 1. The zero-order chi connectivity index (χ0) is 21.0. The fourth-order valence-corrected chi connectivity index (χ4v) is 3.65. The molecule has 0 amide bonds. The average Bonchev–Trinajstić information content (AvgIpc) is 2.70. The molecule has 0 saturated heterocycles. The lowest BCUT2D eigenvalue weighted by Crippen LogP contribution is -2.07. The number of rotatable bonds is 9. The van der Waals surface area contributed by atoms with Gasteiger partial charge in [-0.15, -0.1) is 0 Å². The molecule has 5 nitrogen and oxygen atoms in total. The molecule has 0 fully saturated rings. The zero-order valence-electron chi connectivity index (χ0n) is 16.9. The Balaban J connectivity index is 2.06. The lowest BCUT2D eigenvalue weighted by Gasteiger charge is -2.10. The van der Waals surface area contributed by atoms with Crippen molar-refractivity contribution in [1.29, 1.82) is 0 Å². The second-order valence-corrected chi connectivity index (χ2v) is 7.53. The third-order valence-electron chi connectivity index (χ3n) is 5.30. The molecule has 0 aliphatic heterocycles. The summed E-state index contributed by atoms with van der Waals surface area (Å²) in [6.07, 6.45) is 7.60. The van der Waals surface area contributed by atoms with E-state index in [1.165, 1.54) is 50.8 Å². The first-order valence-corrected chi connectivity index (χ1v) is 10.2. The van der Waals surface area contributed by atoms with Crippen LogP contribution in [-0.4, -0.2) is 16.9 Å². The van der Waals surface area contributed by atoms with Gasteiger partial charge in [0.1, 0.15) is 11.2 Å². The van der Waals surface area contributed by atoms with E-state index in [0.717, 1.165) is 24.8 Å². The average molecular weight is 394 g/mol. The highest BCUT2D eigenvalue weighted by atomic mass is 16.4. The Morgan fingerprint density at radius 1 is 0.931 bits per heavy atom. The van der Waals surface area contributed by atoms with E-state index in [2.05, 4.69) is 6.92 Å². The van der Waals surface area contributed by atoms with E-state index < -0.39 is 5.97 Å². The lowest BCUT2D eigenvalue weighted by atomic mass is 9.98. The Labute approximate surface area is 169 Å². The van der Waals surface area contributed by atoms with Crippen molar-refractivity contribution in [3.63, 3.8) is 0 Å². The molecule has 3 aromatic rings. The molecular formula is C24H26O5. The van der Waals surface area contributed by atoms with Gasteiger partial charge in [0.2, 0.25) is 5.43 Å². The topological polar surface area (TPSA) is 84.6 Å². The van der Waals surface area contributed by atoms with Crippen LogP contribution in [0.4, 0.5) is 0 Å². The number of carbonyl (C=O) groups is 2. The molecule has 0 aliphatic carbocycles. The number of Topliss-reactive ketones (excluding diaryl/α,β-unsaturated/α-hetero) is 1. The predicted molar refractivity (Wildman–Crippen MR) is 114 cm³/mol. The second kappa shape index (κ2) is 9.03. The quantitative estimate of drug-likeness (QED) is 0.284. The van der Waals surface area contributed by atoms with Gasteiger partial charge in [-0.25, -0.2) is 4.79 Å². The van der Waals surface area contributed by atoms with Gasteiger partial charge in [-0.2, -0.15) is 0 Å². The van der Waals surface area contributed by atoms with Crippen LogP contribution in [0.15, 0.2) is 39.5 Å². The minimum atomic E-state index is -1.10. The van der Waals surface area contributed by atoms with E-state index in [9.17, 15) is 19.5 Å². The van der Waals surface area contributed by atoms with Crippen molar-refractivity contribution in [2.24, 2.45) is 0 Å². The van der Waals surface area contributed by atoms with Crippen molar-refractivity contribution in [1.82, 2.24) is 0 Å². The van der Waals surface area contributed by atoms with Crippen LogP contribution in [0.3, 0.4) is 0 Å². The van der Waals surface area contributed by atoms with Gasteiger partial charge in [0.05, 0.1) is 16.3 Å². The molecule has 0 saturated carbocycles. The maximum absolute atomic E-state index is 13.1. The zero-order valence-corrected chi connectivity index (χ0v) is 16.9. The van der Waals surface area contributed by atoms with Crippen molar-refractivity contribution in [3.05, 3.63) is 57.2 Å². The molecule has 0 spiro atoms. The summed E-state index contributed by atoms with van der Waals surface area (Å²) in [6, 6.07) is 7.65. The molecule has 5 heteroatoms. The molecule has 2 aromatic carbocycles. The molecule has 0 radical (unpaired) electrons. The number of carboxylic acids is 1. The van der Waals surface area contributed by atoms with Crippen LogP contribution in [-0.2, 0) is 6.42 Å². The maximum Gasteiger partial charge on any atom is 0.335 e. The summed E-state index contributed by atoms with van der Waals surface area (Å²) >= 11 is 0. The molecule has 3 rings (SSSR count).